The number of methoxy groups -OCH3 is 1. The Hall–Kier alpha value is -0.560. The standard InChI is InChI=1S/C12H23NO4S2/c1-11(2,3)17-10(15)13-12(5-7-18,6-8-19)9(14)16-4/h18-19H,5-8H2,1-4H3,(H,13,15). The van der Waals surface area contributed by atoms with Crippen molar-refractivity contribution in [3.8, 4) is 0 Å². The topological polar surface area (TPSA) is 64.6 Å². The highest BCUT2D eigenvalue weighted by Gasteiger charge is 2.40. The van der Waals surface area contributed by atoms with Gasteiger partial charge in [0.15, 0.2) is 0 Å². The quantitative estimate of drug-likeness (QED) is 0.519. The molecule has 0 saturated carbocycles. The first-order chi connectivity index (χ1) is 8.70. The molecule has 0 aliphatic heterocycles. The van der Waals surface area contributed by atoms with Crippen LogP contribution in [0.5, 0.6) is 0 Å². The third-order valence-corrected chi connectivity index (χ3v) is 2.84. The number of carbonyl (C=O) groups excluding carboxylic acids is 2. The lowest BCUT2D eigenvalue weighted by atomic mass is 9.93. The molecule has 0 saturated heterocycles. The average molecular weight is 309 g/mol. The normalized spacial score (nSPS) is 11.9. The molecular weight excluding hydrogens is 286 g/mol. The van der Waals surface area contributed by atoms with E-state index in [1.807, 2.05) is 0 Å². The van der Waals surface area contributed by atoms with Crippen LogP contribution in [-0.4, -0.2) is 41.8 Å². The number of carbonyl (C=O) groups is 2. The summed E-state index contributed by atoms with van der Waals surface area (Å²) in [4.78, 5) is 23.8. The van der Waals surface area contributed by atoms with Crippen molar-refractivity contribution in [3.05, 3.63) is 0 Å². The van der Waals surface area contributed by atoms with Crippen LogP contribution in [0, 0.1) is 0 Å². The van der Waals surface area contributed by atoms with Crippen molar-refractivity contribution in [1.29, 1.82) is 0 Å². The average Bonchev–Trinajstić information content (AvgIpc) is 2.25. The Morgan fingerprint density at radius 2 is 1.58 bits per heavy atom. The highest BCUT2D eigenvalue weighted by molar-refractivity contribution is 7.80. The number of amides is 1. The van der Waals surface area contributed by atoms with Gasteiger partial charge in [-0.15, -0.1) is 0 Å². The molecule has 0 aromatic rings. The Morgan fingerprint density at radius 1 is 1.11 bits per heavy atom. The van der Waals surface area contributed by atoms with Crippen molar-refractivity contribution < 1.29 is 19.1 Å². The summed E-state index contributed by atoms with van der Waals surface area (Å²) in [6, 6.07) is 0. The molecule has 19 heavy (non-hydrogen) atoms. The van der Waals surface area contributed by atoms with Crippen LogP contribution in [-0.2, 0) is 14.3 Å². The molecule has 7 heteroatoms. The van der Waals surface area contributed by atoms with Crippen molar-refractivity contribution in [2.24, 2.45) is 0 Å². The monoisotopic (exact) mass is 309 g/mol. The second-order valence-electron chi connectivity index (χ2n) is 5.15. The summed E-state index contributed by atoms with van der Waals surface area (Å²) in [5.74, 6) is 0.346. The van der Waals surface area contributed by atoms with E-state index in [0.29, 0.717) is 24.3 Å². The fourth-order valence-corrected chi connectivity index (χ4v) is 2.34. The number of hydrogen-bond acceptors (Lipinski definition) is 6. The molecule has 0 heterocycles. The fraction of sp³-hybridized carbons (Fsp3) is 0.833. The molecule has 0 bridgehead atoms. The third-order valence-electron chi connectivity index (χ3n) is 2.39. The minimum atomic E-state index is -1.14. The lowest BCUT2D eigenvalue weighted by molar-refractivity contribution is -0.148. The Kier molecular flexibility index (Phi) is 7.66. The van der Waals surface area contributed by atoms with E-state index in [1.165, 1.54) is 7.11 Å². The van der Waals surface area contributed by atoms with Gasteiger partial charge in [-0.2, -0.15) is 25.3 Å². The first-order valence-electron chi connectivity index (χ1n) is 6.02. The summed E-state index contributed by atoms with van der Waals surface area (Å²) in [6.07, 6.45) is 0.0482. The summed E-state index contributed by atoms with van der Waals surface area (Å²) >= 11 is 8.25. The summed E-state index contributed by atoms with van der Waals surface area (Å²) in [5.41, 5.74) is -1.77. The molecule has 1 N–H and O–H groups in total. The highest BCUT2D eigenvalue weighted by atomic mass is 32.1. The highest BCUT2D eigenvalue weighted by Crippen LogP contribution is 2.20. The van der Waals surface area contributed by atoms with Crippen molar-refractivity contribution >= 4 is 37.3 Å². The zero-order chi connectivity index (χ0) is 15.1. The fourth-order valence-electron chi connectivity index (χ4n) is 1.58. The molecule has 0 fully saturated rings. The Balaban J connectivity index is 5.01. The molecule has 1 amide bonds. The molecule has 0 aliphatic rings. The summed E-state index contributed by atoms with van der Waals surface area (Å²) in [6.45, 7) is 5.26. The van der Waals surface area contributed by atoms with Gasteiger partial charge in [0.05, 0.1) is 7.11 Å². The van der Waals surface area contributed by atoms with E-state index < -0.39 is 23.2 Å². The van der Waals surface area contributed by atoms with Gasteiger partial charge in [0.1, 0.15) is 11.1 Å². The zero-order valence-corrected chi connectivity index (χ0v) is 13.6. The van der Waals surface area contributed by atoms with Crippen molar-refractivity contribution in [3.63, 3.8) is 0 Å². The van der Waals surface area contributed by atoms with Crippen LogP contribution >= 0.6 is 25.3 Å². The number of rotatable bonds is 6. The Labute approximate surface area is 125 Å². The summed E-state index contributed by atoms with van der Waals surface area (Å²) in [7, 11) is 1.28. The molecule has 0 aromatic heterocycles. The molecule has 0 atom stereocenters. The first kappa shape index (κ1) is 18.4. The minimum Gasteiger partial charge on any atom is -0.467 e. The number of thiol groups is 2. The zero-order valence-electron chi connectivity index (χ0n) is 11.9. The predicted molar refractivity (Wildman–Crippen MR) is 81.1 cm³/mol. The van der Waals surface area contributed by atoms with E-state index in [2.05, 4.69) is 30.6 Å². The number of ether oxygens (including phenoxy) is 2. The molecule has 0 rings (SSSR count). The minimum absolute atomic E-state index is 0.350. The van der Waals surface area contributed by atoms with Gasteiger partial charge in [-0.1, -0.05) is 0 Å². The predicted octanol–water partition coefficient (Wildman–Crippen LogP) is 2.06. The SMILES string of the molecule is COC(=O)C(CCS)(CCS)NC(=O)OC(C)(C)C. The van der Waals surface area contributed by atoms with Crippen molar-refractivity contribution in [1.82, 2.24) is 5.32 Å². The van der Waals surface area contributed by atoms with Crippen LogP contribution in [0.2, 0.25) is 0 Å². The van der Waals surface area contributed by atoms with Gasteiger partial charge in [-0.3, -0.25) is 0 Å². The third kappa shape index (κ3) is 6.42. The molecule has 5 nitrogen and oxygen atoms in total. The largest absolute Gasteiger partial charge is 0.467 e. The van der Waals surface area contributed by atoms with Crippen LogP contribution < -0.4 is 5.32 Å². The van der Waals surface area contributed by atoms with E-state index in [1.54, 1.807) is 20.8 Å². The smallest absolute Gasteiger partial charge is 0.408 e. The molecule has 0 unspecified atom stereocenters. The van der Waals surface area contributed by atoms with Crippen molar-refractivity contribution in [2.75, 3.05) is 18.6 Å². The maximum Gasteiger partial charge on any atom is 0.408 e. The lowest BCUT2D eigenvalue weighted by Gasteiger charge is -2.32. The molecule has 0 radical (unpaired) electrons. The second-order valence-corrected chi connectivity index (χ2v) is 6.04. The van der Waals surface area contributed by atoms with Crippen LogP contribution in [0.4, 0.5) is 4.79 Å². The van der Waals surface area contributed by atoms with Crippen LogP contribution in [0.15, 0.2) is 0 Å². The Bertz CT molecular complexity index is 309. The van der Waals surface area contributed by atoms with E-state index in [-0.39, 0.29) is 0 Å². The van der Waals surface area contributed by atoms with Crippen molar-refractivity contribution in [2.45, 2.75) is 44.8 Å². The van der Waals surface area contributed by atoms with E-state index in [9.17, 15) is 9.59 Å². The molecule has 0 aromatic carbocycles. The van der Waals surface area contributed by atoms with Crippen LogP contribution in [0.1, 0.15) is 33.6 Å². The molecular formula is C12H23NO4S2. The van der Waals surface area contributed by atoms with E-state index in [0.717, 1.165) is 0 Å². The van der Waals surface area contributed by atoms with E-state index >= 15 is 0 Å². The van der Waals surface area contributed by atoms with Gasteiger partial charge in [0.2, 0.25) is 0 Å². The van der Waals surface area contributed by atoms with E-state index in [4.69, 9.17) is 9.47 Å². The number of esters is 1. The lowest BCUT2D eigenvalue weighted by Crippen LogP contribution is -2.56. The summed E-state index contributed by atoms with van der Waals surface area (Å²) in [5, 5.41) is 2.61. The van der Waals surface area contributed by atoms with Gasteiger partial charge in [0.25, 0.3) is 0 Å². The molecule has 0 aliphatic carbocycles. The first-order valence-corrected chi connectivity index (χ1v) is 7.28. The second kappa shape index (κ2) is 7.89. The van der Waals surface area contributed by atoms with Gasteiger partial charge in [-0.05, 0) is 45.1 Å². The molecule has 0 spiro atoms. The maximum atomic E-state index is 12.0. The van der Waals surface area contributed by atoms with Gasteiger partial charge >= 0.3 is 12.1 Å². The number of hydrogen-bond donors (Lipinski definition) is 3. The van der Waals surface area contributed by atoms with Crippen LogP contribution in [0.3, 0.4) is 0 Å². The van der Waals surface area contributed by atoms with Gasteiger partial charge < -0.3 is 14.8 Å². The van der Waals surface area contributed by atoms with Gasteiger partial charge in [0, 0.05) is 0 Å². The number of nitrogens with one attached hydrogen (secondary N) is 1. The number of alkyl carbamates (subject to hydrolysis) is 1. The van der Waals surface area contributed by atoms with Gasteiger partial charge in [-0.25, -0.2) is 9.59 Å². The maximum absolute atomic E-state index is 12.0. The summed E-state index contributed by atoms with van der Waals surface area (Å²) < 4.78 is 9.95. The molecule has 112 valence electrons. The Morgan fingerprint density at radius 3 is 1.89 bits per heavy atom. The van der Waals surface area contributed by atoms with Crippen LogP contribution in [0.25, 0.3) is 0 Å².